The summed E-state index contributed by atoms with van der Waals surface area (Å²) in [5.41, 5.74) is 0.114. The topological polar surface area (TPSA) is 49.4 Å². The second-order valence-corrected chi connectivity index (χ2v) is 4.91. The van der Waals surface area contributed by atoms with Crippen LogP contribution in [0.25, 0.3) is 0 Å². The molecule has 0 spiro atoms. The Hall–Kier alpha value is -2.17. The van der Waals surface area contributed by atoms with E-state index >= 15 is 0 Å². The van der Waals surface area contributed by atoms with E-state index in [2.05, 4.69) is 11.9 Å². The first-order valence-electron chi connectivity index (χ1n) is 5.89. The summed E-state index contributed by atoms with van der Waals surface area (Å²) < 4.78 is 12.9. The van der Waals surface area contributed by atoms with Gasteiger partial charge in [-0.1, -0.05) is 24.3 Å². The molecule has 1 heterocycles. The molecule has 0 saturated carbocycles. The molecular weight excluding hydrogens is 247 g/mol. The number of carbonyl (C=O) groups is 2. The first-order valence-corrected chi connectivity index (χ1v) is 5.89. The Morgan fingerprint density at radius 2 is 1.95 bits per heavy atom. The Morgan fingerprint density at radius 1 is 1.37 bits per heavy atom. The summed E-state index contributed by atoms with van der Waals surface area (Å²) in [4.78, 5) is 25.3. The zero-order valence-corrected chi connectivity index (χ0v) is 10.9. The minimum Gasteiger partial charge on any atom is -0.319 e. The maximum atomic E-state index is 12.9. The van der Waals surface area contributed by atoms with Gasteiger partial charge in [0.2, 0.25) is 0 Å². The number of halogens is 1. The molecule has 1 fully saturated rings. The first kappa shape index (κ1) is 13.3. The van der Waals surface area contributed by atoms with Gasteiger partial charge in [-0.05, 0) is 31.5 Å². The highest BCUT2D eigenvalue weighted by atomic mass is 19.1. The van der Waals surface area contributed by atoms with Crippen LogP contribution in [0.2, 0.25) is 0 Å². The number of amides is 3. The van der Waals surface area contributed by atoms with Crippen LogP contribution in [-0.2, 0) is 10.3 Å². The summed E-state index contributed by atoms with van der Waals surface area (Å²) >= 11 is 0. The van der Waals surface area contributed by atoms with Crippen molar-refractivity contribution in [3.63, 3.8) is 0 Å². The van der Waals surface area contributed by atoms with Crippen molar-refractivity contribution in [1.29, 1.82) is 0 Å². The van der Waals surface area contributed by atoms with Crippen LogP contribution in [0, 0.1) is 5.82 Å². The third kappa shape index (κ3) is 2.23. The quantitative estimate of drug-likeness (QED) is 0.670. The zero-order chi connectivity index (χ0) is 14.2. The second-order valence-electron chi connectivity index (χ2n) is 4.91. The lowest BCUT2D eigenvalue weighted by Crippen LogP contribution is -2.41. The van der Waals surface area contributed by atoms with E-state index in [0.29, 0.717) is 11.1 Å². The van der Waals surface area contributed by atoms with Crippen LogP contribution >= 0.6 is 0 Å². The van der Waals surface area contributed by atoms with E-state index in [4.69, 9.17) is 0 Å². The molecule has 100 valence electrons. The van der Waals surface area contributed by atoms with Crippen LogP contribution in [0.1, 0.15) is 19.4 Å². The van der Waals surface area contributed by atoms with Gasteiger partial charge in [-0.2, -0.15) is 0 Å². The van der Waals surface area contributed by atoms with E-state index in [1.807, 2.05) is 0 Å². The van der Waals surface area contributed by atoms with E-state index in [1.165, 1.54) is 24.3 Å². The van der Waals surface area contributed by atoms with Gasteiger partial charge in [0.15, 0.2) is 0 Å². The van der Waals surface area contributed by atoms with Crippen molar-refractivity contribution in [3.8, 4) is 0 Å². The molecule has 0 aromatic heterocycles. The van der Waals surface area contributed by atoms with Crippen LogP contribution < -0.4 is 5.32 Å². The van der Waals surface area contributed by atoms with Crippen LogP contribution in [0.3, 0.4) is 0 Å². The smallest absolute Gasteiger partial charge is 0.319 e. The van der Waals surface area contributed by atoms with Crippen LogP contribution in [0.4, 0.5) is 9.18 Å². The van der Waals surface area contributed by atoms with Gasteiger partial charge >= 0.3 is 6.03 Å². The fourth-order valence-corrected chi connectivity index (χ4v) is 2.09. The molecule has 1 saturated heterocycles. The Morgan fingerprint density at radius 3 is 2.47 bits per heavy atom. The van der Waals surface area contributed by atoms with Crippen molar-refractivity contribution >= 4 is 11.9 Å². The third-order valence-corrected chi connectivity index (χ3v) is 3.12. The summed E-state index contributed by atoms with van der Waals surface area (Å²) in [6, 6.07) is 5.07. The zero-order valence-electron chi connectivity index (χ0n) is 10.9. The maximum Gasteiger partial charge on any atom is 0.325 e. The average molecular weight is 262 g/mol. The molecule has 1 atom stereocenters. The summed E-state index contributed by atoms with van der Waals surface area (Å²) in [5, 5.41) is 2.65. The van der Waals surface area contributed by atoms with Gasteiger partial charge in [-0.25, -0.2) is 9.18 Å². The van der Waals surface area contributed by atoms with Gasteiger partial charge in [0.25, 0.3) is 5.91 Å². The number of hydrogen-bond acceptors (Lipinski definition) is 2. The van der Waals surface area contributed by atoms with Gasteiger partial charge < -0.3 is 5.32 Å². The third-order valence-electron chi connectivity index (χ3n) is 3.12. The van der Waals surface area contributed by atoms with Crippen molar-refractivity contribution in [2.75, 3.05) is 6.54 Å². The highest BCUT2D eigenvalue weighted by molar-refractivity contribution is 6.07. The average Bonchev–Trinajstić information content (AvgIpc) is 2.54. The first-order chi connectivity index (χ1) is 8.84. The molecule has 19 heavy (non-hydrogen) atoms. The van der Waals surface area contributed by atoms with Gasteiger partial charge in [-0.3, -0.25) is 9.69 Å². The van der Waals surface area contributed by atoms with Crippen molar-refractivity contribution in [1.82, 2.24) is 10.2 Å². The molecule has 0 radical (unpaired) electrons. The van der Waals surface area contributed by atoms with E-state index in [9.17, 15) is 14.0 Å². The molecule has 4 nitrogen and oxygen atoms in total. The normalized spacial score (nSPS) is 22.6. The SMILES string of the molecule is C=C(C)CN1C(=O)NC(C)(c2ccc(F)cc2)C1=O. The maximum absolute atomic E-state index is 12.9. The Labute approximate surface area is 110 Å². The summed E-state index contributed by atoms with van der Waals surface area (Å²) in [6.45, 7) is 7.23. The Kier molecular flexibility index (Phi) is 3.14. The summed E-state index contributed by atoms with van der Waals surface area (Å²) in [7, 11) is 0. The lowest BCUT2D eigenvalue weighted by molar-refractivity contribution is -0.130. The number of nitrogens with one attached hydrogen (secondary N) is 1. The van der Waals surface area contributed by atoms with Crippen molar-refractivity contribution in [3.05, 3.63) is 47.8 Å². The standard InChI is InChI=1S/C14H15FN2O2/c1-9(2)8-17-12(18)14(3,16-13(17)19)10-4-6-11(15)7-5-10/h4-7H,1,8H2,2-3H3,(H,16,19). The lowest BCUT2D eigenvalue weighted by atomic mass is 9.92. The monoisotopic (exact) mass is 262 g/mol. The van der Waals surface area contributed by atoms with E-state index in [-0.39, 0.29) is 18.3 Å². The molecule has 0 aliphatic carbocycles. The molecule has 0 bridgehead atoms. The van der Waals surface area contributed by atoms with Crippen molar-refractivity contribution < 1.29 is 14.0 Å². The van der Waals surface area contributed by atoms with Gasteiger partial charge in [0, 0.05) is 0 Å². The number of nitrogens with zero attached hydrogens (tertiary/aromatic N) is 1. The molecule has 1 N–H and O–H groups in total. The highest BCUT2D eigenvalue weighted by Gasteiger charge is 2.48. The molecule has 1 aliphatic rings. The molecular formula is C14H15FN2O2. The largest absolute Gasteiger partial charge is 0.325 e. The molecule has 1 aromatic rings. The predicted octanol–water partition coefficient (Wildman–Crippen LogP) is 2.17. The van der Waals surface area contributed by atoms with Crippen molar-refractivity contribution in [2.45, 2.75) is 19.4 Å². The second kappa shape index (κ2) is 4.50. The van der Waals surface area contributed by atoms with Crippen LogP contribution in [0.5, 0.6) is 0 Å². The predicted molar refractivity (Wildman–Crippen MR) is 68.8 cm³/mol. The number of hydrogen-bond donors (Lipinski definition) is 1. The number of benzene rings is 1. The molecule has 5 heteroatoms. The minimum absolute atomic E-state index is 0.182. The van der Waals surface area contributed by atoms with Gasteiger partial charge in [0.1, 0.15) is 11.4 Å². The molecule has 1 unspecified atom stereocenters. The van der Waals surface area contributed by atoms with Crippen LogP contribution in [-0.4, -0.2) is 23.4 Å². The number of carbonyl (C=O) groups excluding carboxylic acids is 2. The fourth-order valence-electron chi connectivity index (χ4n) is 2.09. The summed E-state index contributed by atoms with van der Waals surface area (Å²) in [6.07, 6.45) is 0. The van der Waals surface area contributed by atoms with E-state index in [0.717, 1.165) is 4.90 Å². The van der Waals surface area contributed by atoms with Gasteiger partial charge in [0.05, 0.1) is 6.54 Å². The fraction of sp³-hybridized carbons (Fsp3) is 0.286. The molecule has 1 aromatic carbocycles. The van der Waals surface area contributed by atoms with Gasteiger partial charge in [-0.15, -0.1) is 0 Å². The van der Waals surface area contributed by atoms with E-state index < -0.39 is 11.6 Å². The van der Waals surface area contributed by atoms with E-state index in [1.54, 1.807) is 13.8 Å². The molecule has 1 aliphatic heterocycles. The van der Waals surface area contributed by atoms with Crippen LogP contribution in [0.15, 0.2) is 36.4 Å². The number of urea groups is 1. The summed E-state index contributed by atoms with van der Waals surface area (Å²) in [5.74, 6) is -0.741. The number of imide groups is 1. The minimum atomic E-state index is -1.15. The Bertz CT molecular complexity index is 553. The lowest BCUT2D eigenvalue weighted by Gasteiger charge is -2.22. The highest BCUT2D eigenvalue weighted by Crippen LogP contribution is 2.29. The Balaban J connectivity index is 2.35. The molecule has 2 rings (SSSR count). The van der Waals surface area contributed by atoms with Crippen molar-refractivity contribution in [2.24, 2.45) is 0 Å². The number of rotatable bonds is 3. The molecule has 3 amide bonds.